The zero-order chi connectivity index (χ0) is 17.5. The summed E-state index contributed by atoms with van der Waals surface area (Å²) in [6, 6.07) is 5.46. The molecule has 24 heavy (non-hydrogen) atoms. The number of hydrogen-bond donors (Lipinski definition) is 1. The van der Waals surface area contributed by atoms with E-state index in [-0.39, 0.29) is 11.3 Å². The van der Waals surface area contributed by atoms with Crippen LogP contribution in [0.2, 0.25) is 5.02 Å². The molecule has 128 valence electrons. The summed E-state index contributed by atoms with van der Waals surface area (Å²) < 4.78 is 5.42. The van der Waals surface area contributed by atoms with Crippen molar-refractivity contribution in [3.8, 4) is 0 Å². The highest BCUT2D eigenvalue weighted by molar-refractivity contribution is 6.31. The Hall–Kier alpha value is -1.81. The van der Waals surface area contributed by atoms with Gasteiger partial charge in [0.2, 0.25) is 0 Å². The fourth-order valence-electron chi connectivity index (χ4n) is 3.25. The van der Waals surface area contributed by atoms with Gasteiger partial charge in [-0.15, -0.1) is 0 Å². The van der Waals surface area contributed by atoms with Gasteiger partial charge in [0, 0.05) is 22.7 Å². The number of amides is 1. The van der Waals surface area contributed by atoms with Gasteiger partial charge in [0.05, 0.1) is 0 Å². The van der Waals surface area contributed by atoms with E-state index in [1.807, 2.05) is 19.1 Å². The number of aryl methyl sites for hydroxylation is 1. The van der Waals surface area contributed by atoms with E-state index in [2.05, 4.69) is 31.2 Å². The van der Waals surface area contributed by atoms with E-state index in [1.165, 1.54) is 0 Å². The van der Waals surface area contributed by atoms with Crippen LogP contribution >= 0.6 is 11.6 Å². The number of halogens is 1. The summed E-state index contributed by atoms with van der Waals surface area (Å²) in [7, 11) is 0. The molecule has 0 spiro atoms. The summed E-state index contributed by atoms with van der Waals surface area (Å²) in [6.45, 7) is 8.60. The number of carbonyl (C=O) groups excluding carboxylic acids is 1. The highest BCUT2D eigenvalue weighted by Gasteiger charge is 2.34. The molecule has 1 aromatic heterocycles. The summed E-state index contributed by atoms with van der Waals surface area (Å²) in [4.78, 5) is 12.7. The molecule has 1 aromatic carbocycles. The molecule has 1 atom stereocenters. The standard InChI is InChI=1S/C19H23ClN2O2/c1-11-14(20)6-5-7-15(11)21-18(23)17-13-10-12(19(2,3)4)8-9-16(13)24-22-17/h5-7,12H,8-10H2,1-4H3,(H,21,23)/t12-/m0/s1. The van der Waals surface area contributed by atoms with Crippen LogP contribution in [0.25, 0.3) is 0 Å². The normalized spacial score (nSPS) is 17.5. The lowest BCUT2D eigenvalue weighted by Crippen LogP contribution is -2.27. The van der Waals surface area contributed by atoms with E-state index in [0.717, 1.165) is 36.1 Å². The minimum Gasteiger partial charge on any atom is -0.360 e. The second kappa shape index (κ2) is 6.25. The lowest BCUT2D eigenvalue weighted by atomic mass is 9.71. The lowest BCUT2D eigenvalue weighted by Gasteiger charge is -2.33. The molecule has 1 amide bonds. The van der Waals surface area contributed by atoms with Gasteiger partial charge < -0.3 is 9.84 Å². The molecule has 0 saturated heterocycles. The van der Waals surface area contributed by atoms with Crippen molar-refractivity contribution in [3.05, 3.63) is 45.8 Å². The van der Waals surface area contributed by atoms with Gasteiger partial charge in [-0.1, -0.05) is 43.6 Å². The Kier molecular flexibility index (Phi) is 4.43. The fourth-order valence-corrected chi connectivity index (χ4v) is 3.42. The van der Waals surface area contributed by atoms with E-state index in [4.69, 9.17) is 16.1 Å². The Morgan fingerprint density at radius 3 is 2.83 bits per heavy atom. The molecular formula is C19H23ClN2O2. The molecule has 0 aliphatic heterocycles. The summed E-state index contributed by atoms with van der Waals surface area (Å²) in [5, 5.41) is 7.58. The Morgan fingerprint density at radius 1 is 1.38 bits per heavy atom. The molecule has 0 saturated carbocycles. The van der Waals surface area contributed by atoms with Crippen molar-refractivity contribution < 1.29 is 9.32 Å². The number of anilines is 1. The Labute approximate surface area is 147 Å². The zero-order valence-corrected chi connectivity index (χ0v) is 15.3. The highest BCUT2D eigenvalue weighted by Crippen LogP contribution is 2.38. The van der Waals surface area contributed by atoms with Crippen molar-refractivity contribution in [2.45, 2.75) is 47.0 Å². The largest absolute Gasteiger partial charge is 0.360 e. The first-order valence-corrected chi connectivity index (χ1v) is 8.69. The number of aromatic nitrogens is 1. The molecule has 3 rings (SSSR count). The van der Waals surface area contributed by atoms with Crippen LogP contribution in [0.4, 0.5) is 5.69 Å². The van der Waals surface area contributed by atoms with Crippen molar-refractivity contribution >= 4 is 23.2 Å². The van der Waals surface area contributed by atoms with Gasteiger partial charge in [0.25, 0.3) is 5.91 Å². The molecular weight excluding hydrogens is 324 g/mol. The van der Waals surface area contributed by atoms with E-state index in [1.54, 1.807) is 6.07 Å². The summed E-state index contributed by atoms with van der Waals surface area (Å²) in [6.07, 6.45) is 2.74. The van der Waals surface area contributed by atoms with Gasteiger partial charge in [-0.3, -0.25) is 4.79 Å². The van der Waals surface area contributed by atoms with E-state index < -0.39 is 0 Å². The number of nitrogens with zero attached hydrogens (tertiary/aromatic N) is 1. The number of carbonyl (C=O) groups is 1. The monoisotopic (exact) mass is 346 g/mol. The third-order valence-electron chi connectivity index (χ3n) is 5.00. The molecule has 0 unspecified atom stereocenters. The minimum atomic E-state index is -0.236. The molecule has 4 nitrogen and oxygen atoms in total. The summed E-state index contributed by atoms with van der Waals surface area (Å²) >= 11 is 6.12. The van der Waals surface area contributed by atoms with Crippen molar-refractivity contribution in [2.24, 2.45) is 11.3 Å². The van der Waals surface area contributed by atoms with Crippen LogP contribution in [0.15, 0.2) is 22.7 Å². The third-order valence-corrected chi connectivity index (χ3v) is 5.41. The maximum atomic E-state index is 12.7. The van der Waals surface area contributed by atoms with Gasteiger partial charge in [0.1, 0.15) is 5.76 Å². The fraction of sp³-hybridized carbons (Fsp3) is 0.474. The predicted molar refractivity (Wildman–Crippen MR) is 95.6 cm³/mol. The van der Waals surface area contributed by atoms with Crippen molar-refractivity contribution in [1.29, 1.82) is 0 Å². The van der Waals surface area contributed by atoms with Crippen molar-refractivity contribution in [1.82, 2.24) is 5.16 Å². The van der Waals surface area contributed by atoms with E-state index in [9.17, 15) is 4.79 Å². The van der Waals surface area contributed by atoms with Crippen LogP contribution in [-0.4, -0.2) is 11.1 Å². The Balaban J connectivity index is 1.85. The minimum absolute atomic E-state index is 0.201. The van der Waals surface area contributed by atoms with Crippen molar-refractivity contribution in [3.63, 3.8) is 0 Å². The molecule has 5 heteroatoms. The van der Waals surface area contributed by atoms with Gasteiger partial charge in [0.15, 0.2) is 5.69 Å². The average Bonchev–Trinajstić information content (AvgIpc) is 2.94. The maximum Gasteiger partial charge on any atom is 0.278 e. The lowest BCUT2D eigenvalue weighted by molar-refractivity contribution is 0.101. The van der Waals surface area contributed by atoms with Crippen LogP contribution in [0, 0.1) is 18.3 Å². The highest BCUT2D eigenvalue weighted by atomic mass is 35.5. The number of hydrogen-bond acceptors (Lipinski definition) is 3. The molecule has 1 aliphatic carbocycles. The van der Waals surface area contributed by atoms with E-state index >= 15 is 0 Å². The van der Waals surface area contributed by atoms with Gasteiger partial charge in [-0.2, -0.15) is 0 Å². The maximum absolute atomic E-state index is 12.7. The molecule has 1 N–H and O–H groups in total. The molecule has 2 aromatic rings. The number of fused-ring (bicyclic) bond motifs is 1. The first-order chi connectivity index (χ1) is 11.3. The second-order valence-corrected chi connectivity index (χ2v) is 8.01. The van der Waals surface area contributed by atoms with Crippen LogP contribution in [0.5, 0.6) is 0 Å². The van der Waals surface area contributed by atoms with Crippen LogP contribution in [0.3, 0.4) is 0 Å². The van der Waals surface area contributed by atoms with Crippen LogP contribution < -0.4 is 5.32 Å². The van der Waals surface area contributed by atoms with Gasteiger partial charge >= 0.3 is 0 Å². The molecule has 1 heterocycles. The Bertz CT molecular complexity index is 774. The topological polar surface area (TPSA) is 55.1 Å². The smallest absolute Gasteiger partial charge is 0.278 e. The molecule has 0 radical (unpaired) electrons. The number of nitrogens with one attached hydrogen (secondary N) is 1. The third kappa shape index (κ3) is 3.20. The van der Waals surface area contributed by atoms with Crippen LogP contribution in [0.1, 0.15) is 54.6 Å². The summed E-state index contributed by atoms with van der Waals surface area (Å²) in [5.41, 5.74) is 3.10. The molecule has 1 aliphatic rings. The van der Waals surface area contributed by atoms with E-state index in [0.29, 0.717) is 22.3 Å². The predicted octanol–water partition coefficient (Wildman–Crippen LogP) is 5.04. The van der Waals surface area contributed by atoms with Crippen LogP contribution in [-0.2, 0) is 12.8 Å². The SMILES string of the molecule is Cc1c(Cl)cccc1NC(=O)c1noc2c1C[C@@H](C(C)(C)C)CC2. The quantitative estimate of drug-likeness (QED) is 0.828. The Morgan fingerprint density at radius 2 is 2.12 bits per heavy atom. The molecule has 0 bridgehead atoms. The van der Waals surface area contributed by atoms with Gasteiger partial charge in [-0.25, -0.2) is 0 Å². The average molecular weight is 347 g/mol. The number of rotatable bonds is 2. The number of benzene rings is 1. The second-order valence-electron chi connectivity index (χ2n) is 7.61. The zero-order valence-electron chi connectivity index (χ0n) is 14.6. The van der Waals surface area contributed by atoms with Gasteiger partial charge in [-0.05, 0) is 48.8 Å². The molecule has 0 fully saturated rings. The summed E-state index contributed by atoms with van der Waals surface area (Å²) in [5.74, 6) is 1.13. The first kappa shape index (κ1) is 17.0. The van der Waals surface area contributed by atoms with Crippen molar-refractivity contribution in [2.75, 3.05) is 5.32 Å². The first-order valence-electron chi connectivity index (χ1n) is 8.31.